The number of nitrogens with one attached hydrogen (secondary N) is 1. The van der Waals surface area contributed by atoms with Crippen molar-refractivity contribution in [2.24, 2.45) is 5.73 Å². The predicted octanol–water partition coefficient (Wildman–Crippen LogP) is 0.561. The number of amides is 1. The van der Waals surface area contributed by atoms with Gasteiger partial charge in [0.1, 0.15) is 6.04 Å². The van der Waals surface area contributed by atoms with E-state index >= 15 is 0 Å². The Balaban J connectivity index is 3.11. The van der Waals surface area contributed by atoms with Crippen LogP contribution in [-0.2, 0) is 4.79 Å². The van der Waals surface area contributed by atoms with Gasteiger partial charge in [0.2, 0.25) is 5.91 Å². The highest BCUT2D eigenvalue weighted by molar-refractivity contribution is 5.96. The highest BCUT2D eigenvalue weighted by atomic mass is 16.4. The van der Waals surface area contributed by atoms with Gasteiger partial charge in [-0.15, -0.1) is 0 Å². The quantitative estimate of drug-likeness (QED) is 0.570. The first kappa shape index (κ1) is 12.8. The molecule has 0 radical (unpaired) electrons. The van der Waals surface area contributed by atoms with Crippen LogP contribution in [0.4, 0.5) is 11.4 Å². The number of carbonyl (C=O) groups excluding carboxylic acids is 1. The molecule has 1 aromatic carbocycles. The number of primary amides is 1. The van der Waals surface area contributed by atoms with E-state index in [-0.39, 0.29) is 11.3 Å². The number of carbonyl (C=O) groups is 2. The number of aryl methyl sites for hydroxylation is 1. The van der Waals surface area contributed by atoms with Crippen LogP contribution in [0, 0.1) is 6.92 Å². The molecule has 0 fully saturated rings. The second-order valence-electron chi connectivity index (χ2n) is 3.83. The molecule has 1 unspecified atom stereocenters. The first-order chi connectivity index (χ1) is 7.82. The fourth-order valence-electron chi connectivity index (χ4n) is 1.38. The number of carboxylic acid groups (broad SMARTS) is 1. The normalized spacial score (nSPS) is 11.9. The van der Waals surface area contributed by atoms with Crippen molar-refractivity contribution >= 4 is 23.3 Å². The van der Waals surface area contributed by atoms with Crippen molar-refractivity contribution in [1.82, 2.24) is 0 Å². The molecule has 1 amide bonds. The highest BCUT2D eigenvalue weighted by Gasteiger charge is 2.14. The molecule has 6 nitrogen and oxygen atoms in total. The van der Waals surface area contributed by atoms with Crippen molar-refractivity contribution in [3.8, 4) is 0 Å². The standard InChI is InChI=1S/C11H15N3O3/c1-5-3-7(14-6(2)10(13)15)4-8(9(5)12)11(16)17/h3-4,6,14H,12H2,1-2H3,(H2,13,15)(H,16,17). The molecular weight excluding hydrogens is 222 g/mol. The summed E-state index contributed by atoms with van der Waals surface area (Å²) in [4.78, 5) is 21.8. The van der Waals surface area contributed by atoms with Crippen LogP contribution in [0.3, 0.4) is 0 Å². The maximum Gasteiger partial charge on any atom is 0.337 e. The van der Waals surface area contributed by atoms with Gasteiger partial charge in [0, 0.05) is 11.4 Å². The zero-order valence-corrected chi connectivity index (χ0v) is 9.65. The van der Waals surface area contributed by atoms with Gasteiger partial charge in [-0.05, 0) is 31.5 Å². The van der Waals surface area contributed by atoms with E-state index in [1.54, 1.807) is 19.9 Å². The van der Waals surface area contributed by atoms with Crippen molar-refractivity contribution in [2.75, 3.05) is 11.1 Å². The van der Waals surface area contributed by atoms with Crippen molar-refractivity contribution in [1.29, 1.82) is 0 Å². The molecule has 1 aromatic rings. The van der Waals surface area contributed by atoms with Crippen molar-refractivity contribution in [3.63, 3.8) is 0 Å². The van der Waals surface area contributed by atoms with Crippen LogP contribution >= 0.6 is 0 Å². The van der Waals surface area contributed by atoms with Gasteiger partial charge in [-0.1, -0.05) is 0 Å². The molecule has 0 heterocycles. The van der Waals surface area contributed by atoms with Gasteiger partial charge < -0.3 is 21.9 Å². The summed E-state index contributed by atoms with van der Waals surface area (Å²) < 4.78 is 0. The molecule has 0 aromatic heterocycles. The van der Waals surface area contributed by atoms with Crippen LogP contribution in [0.15, 0.2) is 12.1 Å². The lowest BCUT2D eigenvalue weighted by Crippen LogP contribution is -2.32. The van der Waals surface area contributed by atoms with Gasteiger partial charge >= 0.3 is 5.97 Å². The zero-order chi connectivity index (χ0) is 13.2. The Bertz CT molecular complexity index is 471. The average molecular weight is 237 g/mol. The highest BCUT2D eigenvalue weighted by Crippen LogP contribution is 2.23. The fraction of sp³-hybridized carbons (Fsp3) is 0.273. The van der Waals surface area contributed by atoms with Gasteiger partial charge in [-0.3, -0.25) is 4.79 Å². The first-order valence-corrected chi connectivity index (χ1v) is 5.02. The molecule has 0 aliphatic carbocycles. The summed E-state index contributed by atoms with van der Waals surface area (Å²) in [5, 5.41) is 11.8. The van der Waals surface area contributed by atoms with Gasteiger partial charge in [-0.25, -0.2) is 4.79 Å². The fourth-order valence-corrected chi connectivity index (χ4v) is 1.38. The summed E-state index contributed by atoms with van der Waals surface area (Å²) in [7, 11) is 0. The summed E-state index contributed by atoms with van der Waals surface area (Å²) in [5.41, 5.74) is 12.1. The summed E-state index contributed by atoms with van der Waals surface area (Å²) in [6.45, 7) is 3.29. The third kappa shape index (κ3) is 2.87. The van der Waals surface area contributed by atoms with Crippen LogP contribution < -0.4 is 16.8 Å². The summed E-state index contributed by atoms with van der Waals surface area (Å²) >= 11 is 0. The van der Waals surface area contributed by atoms with E-state index in [0.29, 0.717) is 11.3 Å². The molecule has 0 bridgehead atoms. The molecule has 92 valence electrons. The molecule has 0 aliphatic rings. The Hall–Kier alpha value is -2.24. The molecule has 0 saturated carbocycles. The number of hydrogen-bond acceptors (Lipinski definition) is 4. The third-order valence-electron chi connectivity index (χ3n) is 2.43. The monoisotopic (exact) mass is 237 g/mol. The SMILES string of the molecule is Cc1cc(NC(C)C(N)=O)cc(C(=O)O)c1N. The topological polar surface area (TPSA) is 118 Å². The van der Waals surface area contributed by atoms with Crippen molar-refractivity contribution < 1.29 is 14.7 Å². The third-order valence-corrected chi connectivity index (χ3v) is 2.43. The zero-order valence-electron chi connectivity index (χ0n) is 9.65. The van der Waals surface area contributed by atoms with Crippen LogP contribution in [0.2, 0.25) is 0 Å². The van der Waals surface area contributed by atoms with Gasteiger partial charge in [0.05, 0.1) is 5.56 Å². The number of rotatable bonds is 4. The maximum atomic E-state index is 10.9. The number of aromatic carboxylic acids is 1. The van der Waals surface area contributed by atoms with Crippen LogP contribution in [0.5, 0.6) is 0 Å². The summed E-state index contributed by atoms with van der Waals surface area (Å²) in [6.07, 6.45) is 0. The van der Waals surface area contributed by atoms with E-state index in [4.69, 9.17) is 16.6 Å². The second-order valence-corrected chi connectivity index (χ2v) is 3.83. The van der Waals surface area contributed by atoms with E-state index < -0.39 is 17.9 Å². The number of nitrogen functional groups attached to an aromatic ring is 1. The number of anilines is 2. The molecule has 0 spiro atoms. The number of nitrogens with two attached hydrogens (primary N) is 2. The van der Waals surface area contributed by atoms with E-state index in [1.807, 2.05) is 0 Å². The lowest BCUT2D eigenvalue weighted by Gasteiger charge is -2.14. The van der Waals surface area contributed by atoms with E-state index in [2.05, 4.69) is 5.32 Å². The Kier molecular flexibility index (Phi) is 3.57. The van der Waals surface area contributed by atoms with E-state index in [0.717, 1.165) is 0 Å². The summed E-state index contributed by atoms with van der Waals surface area (Å²) in [6, 6.07) is 2.46. The van der Waals surface area contributed by atoms with Gasteiger partial charge in [0.25, 0.3) is 0 Å². The van der Waals surface area contributed by atoms with Crippen LogP contribution in [0.25, 0.3) is 0 Å². The lowest BCUT2D eigenvalue weighted by molar-refractivity contribution is -0.118. The Morgan fingerprint density at radius 2 is 2.00 bits per heavy atom. The average Bonchev–Trinajstić information content (AvgIpc) is 2.22. The van der Waals surface area contributed by atoms with Crippen molar-refractivity contribution in [3.05, 3.63) is 23.3 Å². The largest absolute Gasteiger partial charge is 0.478 e. The molecule has 6 heteroatoms. The molecule has 0 aliphatic heterocycles. The molecule has 1 rings (SSSR count). The Labute approximate surface area is 98.6 Å². The minimum absolute atomic E-state index is 0.00386. The minimum Gasteiger partial charge on any atom is -0.478 e. The minimum atomic E-state index is -1.11. The Morgan fingerprint density at radius 1 is 1.41 bits per heavy atom. The smallest absolute Gasteiger partial charge is 0.337 e. The predicted molar refractivity (Wildman–Crippen MR) is 64.8 cm³/mol. The Morgan fingerprint density at radius 3 is 2.47 bits per heavy atom. The van der Waals surface area contributed by atoms with E-state index in [1.165, 1.54) is 6.07 Å². The van der Waals surface area contributed by atoms with Gasteiger partial charge in [0.15, 0.2) is 0 Å². The molecule has 6 N–H and O–H groups in total. The summed E-state index contributed by atoms with van der Waals surface area (Å²) in [5.74, 6) is -1.63. The number of benzene rings is 1. The molecule has 17 heavy (non-hydrogen) atoms. The lowest BCUT2D eigenvalue weighted by atomic mass is 10.1. The molecular formula is C11H15N3O3. The first-order valence-electron chi connectivity index (χ1n) is 5.02. The van der Waals surface area contributed by atoms with Gasteiger partial charge in [-0.2, -0.15) is 0 Å². The van der Waals surface area contributed by atoms with Crippen LogP contribution in [-0.4, -0.2) is 23.0 Å². The molecule has 1 atom stereocenters. The van der Waals surface area contributed by atoms with E-state index in [9.17, 15) is 9.59 Å². The maximum absolute atomic E-state index is 10.9. The van der Waals surface area contributed by atoms with Crippen molar-refractivity contribution in [2.45, 2.75) is 19.9 Å². The van der Waals surface area contributed by atoms with Crippen LogP contribution in [0.1, 0.15) is 22.8 Å². The second kappa shape index (κ2) is 4.73. The molecule has 0 saturated heterocycles. The number of hydrogen-bond donors (Lipinski definition) is 4. The number of carboxylic acids is 1.